The van der Waals surface area contributed by atoms with E-state index in [4.69, 9.17) is 9.47 Å². The highest BCUT2D eigenvalue weighted by Crippen LogP contribution is 2.28. The van der Waals surface area contributed by atoms with Crippen LogP contribution in [0.3, 0.4) is 0 Å². The molecule has 1 saturated carbocycles. The van der Waals surface area contributed by atoms with Gasteiger partial charge in [0, 0.05) is 24.6 Å². The Bertz CT molecular complexity index is 663. The number of hydrogen-bond donors (Lipinski definition) is 0. The van der Waals surface area contributed by atoms with Gasteiger partial charge in [0.25, 0.3) is 0 Å². The van der Waals surface area contributed by atoms with Gasteiger partial charge in [-0.2, -0.15) is 0 Å². The minimum absolute atomic E-state index is 0.0973. The normalized spacial score (nSPS) is 23.1. The third kappa shape index (κ3) is 3.57. The second kappa shape index (κ2) is 6.35. The van der Waals surface area contributed by atoms with Crippen molar-refractivity contribution < 1.29 is 14.3 Å². The molecular weight excluding hydrogens is 290 g/mol. The van der Waals surface area contributed by atoms with Gasteiger partial charge in [0.05, 0.1) is 32.3 Å². The first kappa shape index (κ1) is 14.7. The molecule has 4 heteroatoms. The van der Waals surface area contributed by atoms with Crippen LogP contribution >= 0.6 is 0 Å². The van der Waals surface area contributed by atoms with E-state index in [1.165, 1.54) is 24.0 Å². The third-order valence-electron chi connectivity index (χ3n) is 4.57. The summed E-state index contributed by atoms with van der Waals surface area (Å²) in [7, 11) is 0. The number of carbonyl (C=O) groups excluding carboxylic acids is 1. The van der Waals surface area contributed by atoms with E-state index in [2.05, 4.69) is 30.0 Å². The molecular formula is C19H21NO3. The van der Waals surface area contributed by atoms with Gasteiger partial charge in [0.15, 0.2) is 0 Å². The molecule has 1 aliphatic carbocycles. The average molecular weight is 311 g/mol. The Morgan fingerprint density at radius 2 is 2.09 bits per heavy atom. The summed E-state index contributed by atoms with van der Waals surface area (Å²) in [5, 5.41) is 0. The van der Waals surface area contributed by atoms with Crippen molar-refractivity contribution in [3.05, 3.63) is 34.9 Å². The maximum absolute atomic E-state index is 12.5. The van der Waals surface area contributed by atoms with Crippen molar-refractivity contribution in [3.8, 4) is 11.8 Å². The molecule has 1 aromatic carbocycles. The molecule has 4 rings (SSSR count). The van der Waals surface area contributed by atoms with Crippen LogP contribution in [0.4, 0.5) is 0 Å². The lowest BCUT2D eigenvalue weighted by Crippen LogP contribution is -2.35. The van der Waals surface area contributed by atoms with E-state index in [0.29, 0.717) is 45.2 Å². The van der Waals surface area contributed by atoms with Gasteiger partial charge in [-0.3, -0.25) is 4.79 Å². The molecule has 0 aromatic heterocycles. The van der Waals surface area contributed by atoms with Gasteiger partial charge in [-0.25, -0.2) is 0 Å². The smallest absolute Gasteiger partial charge is 0.225 e. The molecule has 2 fully saturated rings. The van der Waals surface area contributed by atoms with Crippen LogP contribution < -0.4 is 0 Å². The summed E-state index contributed by atoms with van der Waals surface area (Å²) in [4.78, 5) is 14.4. The summed E-state index contributed by atoms with van der Waals surface area (Å²) in [6.07, 6.45) is 2.79. The molecule has 0 N–H and O–H groups in total. The van der Waals surface area contributed by atoms with E-state index < -0.39 is 0 Å². The van der Waals surface area contributed by atoms with Crippen LogP contribution in [0.1, 0.15) is 36.0 Å². The molecule has 2 heterocycles. The Labute approximate surface area is 136 Å². The number of carbonyl (C=O) groups is 1. The fraction of sp³-hybridized carbons (Fsp3) is 0.526. The zero-order valence-corrected chi connectivity index (χ0v) is 13.2. The quantitative estimate of drug-likeness (QED) is 0.785. The highest BCUT2D eigenvalue weighted by Gasteiger charge is 2.27. The topological polar surface area (TPSA) is 38.8 Å². The Balaban J connectivity index is 1.38. The predicted molar refractivity (Wildman–Crippen MR) is 85.5 cm³/mol. The van der Waals surface area contributed by atoms with Crippen LogP contribution in [0.2, 0.25) is 0 Å². The SMILES string of the molecule is O=C(CC1COCCO1)N1Cc2ccc(C#CC3CC3)cc2C1. The molecule has 1 saturated heterocycles. The number of benzene rings is 1. The van der Waals surface area contributed by atoms with Gasteiger partial charge in [-0.1, -0.05) is 17.9 Å². The Morgan fingerprint density at radius 3 is 2.87 bits per heavy atom. The van der Waals surface area contributed by atoms with Gasteiger partial charge in [0.2, 0.25) is 5.91 Å². The van der Waals surface area contributed by atoms with Crippen molar-refractivity contribution in [3.63, 3.8) is 0 Å². The van der Waals surface area contributed by atoms with E-state index in [-0.39, 0.29) is 12.0 Å². The van der Waals surface area contributed by atoms with E-state index in [0.717, 1.165) is 5.56 Å². The number of amides is 1. The maximum atomic E-state index is 12.5. The Morgan fingerprint density at radius 1 is 1.22 bits per heavy atom. The Hall–Kier alpha value is -1.83. The van der Waals surface area contributed by atoms with Gasteiger partial charge in [0.1, 0.15) is 0 Å². The second-order valence-corrected chi connectivity index (χ2v) is 6.55. The zero-order valence-electron chi connectivity index (χ0n) is 13.2. The zero-order chi connectivity index (χ0) is 15.6. The fourth-order valence-corrected chi connectivity index (χ4v) is 3.04. The van der Waals surface area contributed by atoms with Crippen molar-refractivity contribution in [2.45, 2.75) is 38.5 Å². The Kier molecular flexibility index (Phi) is 4.07. The summed E-state index contributed by atoms with van der Waals surface area (Å²) in [5.41, 5.74) is 3.52. The molecule has 1 unspecified atom stereocenters. The first-order valence-corrected chi connectivity index (χ1v) is 8.38. The van der Waals surface area contributed by atoms with Gasteiger partial charge < -0.3 is 14.4 Å². The summed E-state index contributed by atoms with van der Waals surface area (Å²) in [5.74, 6) is 7.30. The highest BCUT2D eigenvalue weighted by atomic mass is 16.6. The van der Waals surface area contributed by atoms with E-state index in [9.17, 15) is 4.79 Å². The lowest BCUT2D eigenvalue weighted by Gasteiger charge is -2.24. The van der Waals surface area contributed by atoms with Crippen LogP contribution in [0.25, 0.3) is 0 Å². The lowest BCUT2D eigenvalue weighted by atomic mass is 10.1. The maximum Gasteiger partial charge on any atom is 0.225 e. The number of rotatable bonds is 2. The highest BCUT2D eigenvalue weighted by molar-refractivity contribution is 5.77. The van der Waals surface area contributed by atoms with E-state index >= 15 is 0 Å². The largest absolute Gasteiger partial charge is 0.376 e. The monoisotopic (exact) mass is 311 g/mol. The molecule has 2 aliphatic heterocycles. The molecule has 1 atom stereocenters. The average Bonchev–Trinajstić information content (AvgIpc) is 3.30. The first-order chi connectivity index (χ1) is 11.3. The van der Waals surface area contributed by atoms with Crippen LogP contribution in [0.15, 0.2) is 18.2 Å². The van der Waals surface area contributed by atoms with Crippen LogP contribution in [-0.2, 0) is 27.4 Å². The van der Waals surface area contributed by atoms with Crippen molar-refractivity contribution in [2.75, 3.05) is 19.8 Å². The number of hydrogen-bond acceptors (Lipinski definition) is 3. The predicted octanol–water partition coefficient (Wildman–Crippen LogP) is 2.10. The van der Waals surface area contributed by atoms with Crippen molar-refractivity contribution in [2.24, 2.45) is 5.92 Å². The van der Waals surface area contributed by atoms with Crippen LogP contribution in [-0.4, -0.2) is 36.7 Å². The molecule has 0 radical (unpaired) electrons. The molecule has 0 spiro atoms. The van der Waals surface area contributed by atoms with Crippen molar-refractivity contribution >= 4 is 5.91 Å². The lowest BCUT2D eigenvalue weighted by molar-refractivity contribution is -0.141. The van der Waals surface area contributed by atoms with E-state index in [1.807, 2.05) is 4.90 Å². The second-order valence-electron chi connectivity index (χ2n) is 6.55. The molecule has 3 aliphatic rings. The summed E-state index contributed by atoms with van der Waals surface area (Å²) in [6, 6.07) is 6.32. The summed E-state index contributed by atoms with van der Waals surface area (Å²) >= 11 is 0. The van der Waals surface area contributed by atoms with Gasteiger partial charge in [-0.15, -0.1) is 0 Å². The minimum atomic E-state index is -0.0973. The van der Waals surface area contributed by atoms with Gasteiger partial charge in [-0.05, 0) is 36.1 Å². The summed E-state index contributed by atoms with van der Waals surface area (Å²) < 4.78 is 10.9. The third-order valence-corrected chi connectivity index (χ3v) is 4.57. The molecule has 1 aromatic rings. The van der Waals surface area contributed by atoms with Crippen LogP contribution in [0, 0.1) is 17.8 Å². The standard InChI is InChI=1S/C19H21NO3/c21-19(10-18-13-22-7-8-23-18)20-11-16-6-5-15(9-17(16)12-20)4-3-14-1-2-14/h5-6,9,14,18H,1-2,7-8,10-13H2. The molecule has 23 heavy (non-hydrogen) atoms. The first-order valence-electron chi connectivity index (χ1n) is 8.38. The van der Waals surface area contributed by atoms with Gasteiger partial charge >= 0.3 is 0 Å². The number of ether oxygens (including phenoxy) is 2. The number of nitrogens with zero attached hydrogens (tertiary/aromatic N) is 1. The van der Waals surface area contributed by atoms with Crippen molar-refractivity contribution in [1.29, 1.82) is 0 Å². The van der Waals surface area contributed by atoms with E-state index in [1.54, 1.807) is 0 Å². The van der Waals surface area contributed by atoms with Crippen molar-refractivity contribution in [1.82, 2.24) is 4.90 Å². The molecule has 0 bridgehead atoms. The molecule has 120 valence electrons. The minimum Gasteiger partial charge on any atom is -0.376 e. The summed E-state index contributed by atoms with van der Waals surface area (Å²) in [6.45, 7) is 3.11. The molecule has 1 amide bonds. The number of fused-ring (bicyclic) bond motifs is 1. The molecule has 4 nitrogen and oxygen atoms in total. The fourth-order valence-electron chi connectivity index (χ4n) is 3.04. The van der Waals surface area contributed by atoms with Crippen LogP contribution in [0.5, 0.6) is 0 Å².